The minimum Gasteiger partial charge on any atom is -0.481 e. The van der Waals surface area contributed by atoms with Crippen LogP contribution in [0, 0.1) is 11.8 Å². The molecular formula is C12H12ClNO2. The Hall–Kier alpha value is -1.50. The molecule has 16 heavy (non-hydrogen) atoms. The Morgan fingerprint density at radius 1 is 1.56 bits per heavy atom. The summed E-state index contributed by atoms with van der Waals surface area (Å²) in [6.45, 7) is 0.606. The van der Waals surface area contributed by atoms with Crippen LogP contribution in [0.15, 0.2) is 18.2 Å². The van der Waals surface area contributed by atoms with Gasteiger partial charge in [-0.1, -0.05) is 29.5 Å². The molecule has 0 aliphatic rings. The molecule has 0 saturated heterocycles. The Labute approximate surface area is 99.4 Å². The number of aliphatic carboxylic acids is 1. The van der Waals surface area contributed by atoms with E-state index in [0.29, 0.717) is 17.1 Å². The molecule has 0 heterocycles. The molecular weight excluding hydrogens is 226 g/mol. The highest BCUT2D eigenvalue weighted by molar-refractivity contribution is 6.31. The lowest BCUT2D eigenvalue weighted by Gasteiger charge is -2.01. The van der Waals surface area contributed by atoms with E-state index in [4.69, 9.17) is 16.7 Å². The number of carboxylic acids is 1. The number of nitrogens with one attached hydrogen (secondary N) is 1. The van der Waals surface area contributed by atoms with Crippen LogP contribution in [0.4, 0.5) is 0 Å². The highest BCUT2D eigenvalue weighted by Gasteiger charge is 2.05. The summed E-state index contributed by atoms with van der Waals surface area (Å²) >= 11 is 5.94. The van der Waals surface area contributed by atoms with Gasteiger partial charge in [0.1, 0.15) is 0 Å². The van der Waals surface area contributed by atoms with Crippen LogP contribution in [0.5, 0.6) is 0 Å². The fourth-order valence-corrected chi connectivity index (χ4v) is 1.41. The van der Waals surface area contributed by atoms with E-state index >= 15 is 0 Å². The van der Waals surface area contributed by atoms with Crippen molar-refractivity contribution in [1.82, 2.24) is 5.32 Å². The van der Waals surface area contributed by atoms with Gasteiger partial charge in [0.15, 0.2) is 0 Å². The number of carboxylic acid groups (broad SMARTS) is 1. The molecule has 0 aromatic heterocycles. The van der Waals surface area contributed by atoms with E-state index in [1.54, 1.807) is 18.2 Å². The summed E-state index contributed by atoms with van der Waals surface area (Å²) < 4.78 is 0. The van der Waals surface area contributed by atoms with Gasteiger partial charge in [-0.3, -0.25) is 4.79 Å². The standard InChI is InChI=1S/C12H12ClNO2/c1-14-6-2-3-9-4-5-10(8-12(15)16)11(13)7-9/h4-5,7,14H,6,8H2,1H3,(H,15,16). The van der Waals surface area contributed by atoms with Crippen LogP contribution in [0.2, 0.25) is 5.02 Å². The molecule has 0 fully saturated rings. The number of hydrogen-bond donors (Lipinski definition) is 2. The highest BCUT2D eigenvalue weighted by Crippen LogP contribution is 2.18. The summed E-state index contributed by atoms with van der Waals surface area (Å²) in [5, 5.41) is 12.0. The second-order valence-corrected chi connectivity index (χ2v) is 3.62. The molecule has 3 nitrogen and oxygen atoms in total. The number of benzene rings is 1. The lowest BCUT2D eigenvalue weighted by molar-refractivity contribution is -0.136. The molecule has 84 valence electrons. The molecule has 0 aliphatic heterocycles. The van der Waals surface area contributed by atoms with Gasteiger partial charge in [0, 0.05) is 10.6 Å². The van der Waals surface area contributed by atoms with Gasteiger partial charge in [-0.2, -0.15) is 0 Å². The third kappa shape index (κ3) is 3.93. The molecule has 0 radical (unpaired) electrons. The van der Waals surface area contributed by atoms with Crippen molar-refractivity contribution in [2.24, 2.45) is 0 Å². The predicted molar refractivity (Wildman–Crippen MR) is 63.6 cm³/mol. The SMILES string of the molecule is CNCC#Cc1ccc(CC(=O)O)c(Cl)c1. The number of hydrogen-bond acceptors (Lipinski definition) is 2. The maximum absolute atomic E-state index is 10.5. The van der Waals surface area contributed by atoms with Crippen molar-refractivity contribution in [3.63, 3.8) is 0 Å². The van der Waals surface area contributed by atoms with Crippen molar-refractivity contribution in [2.45, 2.75) is 6.42 Å². The van der Waals surface area contributed by atoms with Gasteiger partial charge in [-0.15, -0.1) is 0 Å². The van der Waals surface area contributed by atoms with Gasteiger partial charge in [-0.05, 0) is 24.7 Å². The zero-order chi connectivity index (χ0) is 12.0. The van der Waals surface area contributed by atoms with E-state index in [9.17, 15) is 4.79 Å². The molecule has 0 spiro atoms. The molecule has 1 aromatic carbocycles. The zero-order valence-corrected chi connectivity index (χ0v) is 9.64. The third-order valence-corrected chi connectivity index (χ3v) is 2.24. The molecule has 0 unspecified atom stereocenters. The summed E-state index contributed by atoms with van der Waals surface area (Å²) in [6.07, 6.45) is -0.0664. The Morgan fingerprint density at radius 3 is 2.88 bits per heavy atom. The predicted octanol–water partition coefficient (Wildman–Crippen LogP) is 1.54. The van der Waals surface area contributed by atoms with Crippen molar-refractivity contribution in [1.29, 1.82) is 0 Å². The zero-order valence-electron chi connectivity index (χ0n) is 8.88. The van der Waals surface area contributed by atoms with Crippen molar-refractivity contribution in [3.05, 3.63) is 34.3 Å². The fraction of sp³-hybridized carbons (Fsp3) is 0.250. The first-order valence-electron chi connectivity index (χ1n) is 4.77. The monoisotopic (exact) mass is 237 g/mol. The molecule has 0 saturated carbocycles. The van der Waals surface area contributed by atoms with Crippen molar-refractivity contribution >= 4 is 17.6 Å². The first-order chi connectivity index (χ1) is 7.63. The maximum Gasteiger partial charge on any atom is 0.307 e. The molecule has 1 aromatic rings. The van der Waals surface area contributed by atoms with E-state index < -0.39 is 5.97 Å². The normalized spacial score (nSPS) is 9.38. The molecule has 4 heteroatoms. The van der Waals surface area contributed by atoms with Crippen LogP contribution in [0.1, 0.15) is 11.1 Å². The van der Waals surface area contributed by atoms with Crippen LogP contribution >= 0.6 is 11.6 Å². The van der Waals surface area contributed by atoms with Crippen LogP contribution in [-0.2, 0) is 11.2 Å². The molecule has 1 rings (SSSR count). The first-order valence-corrected chi connectivity index (χ1v) is 5.15. The highest BCUT2D eigenvalue weighted by atomic mass is 35.5. The minimum atomic E-state index is -0.893. The topological polar surface area (TPSA) is 49.3 Å². The molecule has 0 amide bonds. The number of rotatable bonds is 3. The van der Waals surface area contributed by atoms with Crippen LogP contribution in [-0.4, -0.2) is 24.7 Å². The minimum absolute atomic E-state index is 0.0664. The van der Waals surface area contributed by atoms with E-state index in [1.807, 2.05) is 7.05 Å². The van der Waals surface area contributed by atoms with Gasteiger partial charge in [0.25, 0.3) is 0 Å². The quantitative estimate of drug-likeness (QED) is 0.784. The van der Waals surface area contributed by atoms with Gasteiger partial charge in [-0.25, -0.2) is 0 Å². The number of carbonyl (C=O) groups is 1. The average molecular weight is 238 g/mol. The third-order valence-electron chi connectivity index (χ3n) is 1.89. The van der Waals surface area contributed by atoms with Gasteiger partial charge < -0.3 is 10.4 Å². The molecule has 0 aliphatic carbocycles. The Balaban J connectivity index is 2.83. The molecule has 0 bridgehead atoms. The summed E-state index contributed by atoms with van der Waals surface area (Å²) in [7, 11) is 1.82. The summed E-state index contributed by atoms with van der Waals surface area (Å²) in [4.78, 5) is 10.5. The van der Waals surface area contributed by atoms with Gasteiger partial charge in [0.2, 0.25) is 0 Å². The molecule has 2 N–H and O–H groups in total. The van der Waals surface area contributed by atoms with Crippen LogP contribution in [0.3, 0.4) is 0 Å². The Kier molecular flexibility index (Phi) is 4.84. The fourth-order valence-electron chi connectivity index (χ4n) is 1.17. The second kappa shape index (κ2) is 6.16. The van der Waals surface area contributed by atoms with E-state index in [0.717, 1.165) is 5.56 Å². The van der Waals surface area contributed by atoms with E-state index in [2.05, 4.69) is 17.2 Å². The van der Waals surface area contributed by atoms with E-state index in [1.165, 1.54) is 0 Å². The average Bonchev–Trinajstić information content (AvgIpc) is 2.22. The number of halogens is 1. The first kappa shape index (κ1) is 12.6. The summed E-state index contributed by atoms with van der Waals surface area (Å²) in [5.74, 6) is 4.93. The summed E-state index contributed by atoms with van der Waals surface area (Å²) in [6, 6.07) is 5.15. The molecule has 0 atom stereocenters. The lowest BCUT2D eigenvalue weighted by atomic mass is 10.1. The van der Waals surface area contributed by atoms with Gasteiger partial charge in [0.05, 0.1) is 13.0 Å². The lowest BCUT2D eigenvalue weighted by Crippen LogP contribution is -2.04. The second-order valence-electron chi connectivity index (χ2n) is 3.21. The van der Waals surface area contributed by atoms with Crippen molar-refractivity contribution in [3.8, 4) is 11.8 Å². The van der Waals surface area contributed by atoms with Crippen LogP contribution < -0.4 is 5.32 Å². The smallest absolute Gasteiger partial charge is 0.307 e. The Morgan fingerprint density at radius 2 is 2.31 bits per heavy atom. The maximum atomic E-state index is 10.5. The van der Waals surface area contributed by atoms with Crippen molar-refractivity contribution in [2.75, 3.05) is 13.6 Å². The van der Waals surface area contributed by atoms with Gasteiger partial charge >= 0.3 is 5.97 Å². The Bertz CT molecular complexity index is 446. The van der Waals surface area contributed by atoms with E-state index in [-0.39, 0.29) is 6.42 Å². The largest absolute Gasteiger partial charge is 0.481 e. The summed E-state index contributed by atoms with van der Waals surface area (Å²) in [5.41, 5.74) is 1.39. The van der Waals surface area contributed by atoms with Crippen molar-refractivity contribution < 1.29 is 9.90 Å². The van der Waals surface area contributed by atoms with Crippen LogP contribution in [0.25, 0.3) is 0 Å².